The summed E-state index contributed by atoms with van der Waals surface area (Å²) in [5.41, 5.74) is 0. The first-order chi connectivity index (χ1) is 7.91. The van der Waals surface area contributed by atoms with E-state index in [2.05, 4.69) is 61.9 Å². The van der Waals surface area contributed by atoms with Gasteiger partial charge >= 0.3 is 0 Å². The van der Waals surface area contributed by atoms with Crippen LogP contribution in [-0.4, -0.2) is 101 Å². The van der Waals surface area contributed by atoms with Crippen molar-refractivity contribution in [2.24, 2.45) is 0 Å². The van der Waals surface area contributed by atoms with E-state index in [0.717, 1.165) is 13.1 Å². The van der Waals surface area contributed by atoms with Gasteiger partial charge in [-0.1, -0.05) is 0 Å². The number of hydrogen-bond acceptors (Lipinski definition) is 4. The molecule has 0 fully saturated rings. The Balaban J connectivity index is 3.84. The lowest BCUT2D eigenvalue weighted by Gasteiger charge is -2.26. The van der Waals surface area contributed by atoms with E-state index in [4.69, 9.17) is 0 Å². The Labute approximate surface area is 108 Å². The summed E-state index contributed by atoms with van der Waals surface area (Å²) in [6.45, 7) is 7.04. The Hall–Kier alpha value is -0.160. The zero-order valence-corrected chi connectivity index (χ0v) is 12.7. The van der Waals surface area contributed by atoms with Crippen molar-refractivity contribution in [1.29, 1.82) is 0 Å². The van der Waals surface area contributed by atoms with Crippen molar-refractivity contribution in [3.05, 3.63) is 0 Å². The highest BCUT2D eigenvalue weighted by molar-refractivity contribution is 4.62. The molecule has 0 aliphatic heterocycles. The molecule has 0 unspecified atom stereocenters. The molecule has 4 nitrogen and oxygen atoms in total. The molecule has 0 amide bonds. The first-order valence-electron chi connectivity index (χ1n) is 6.58. The van der Waals surface area contributed by atoms with Crippen LogP contribution in [0.1, 0.15) is 6.42 Å². The van der Waals surface area contributed by atoms with Gasteiger partial charge in [-0.25, -0.2) is 0 Å². The van der Waals surface area contributed by atoms with Crippen LogP contribution in [0, 0.1) is 0 Å². The Bertz CT molecular complexity index is 157. The molecule has 0 saturated carbocycles. The second-order valence-electron chi connectivity index (χ2n) is 5.61. The monoisotopic (exact) mass is 244 g/mol. The van der Waals surface area contributed by atoms with Gasteiger partial charge < -0.3 is 19.6 Å². The molecular weight excluding hydrogens is 212 g/mol. The van der Waals surface area contributed by atoms with Crippen molar-refractivity contribution in [2.45, 2.75) is 6.42 Å². The molecule has 4 heteroatoms. The first-order valence-corrected chi connectivity index (χ1v) is 6.58. The Morgan fingerprint density at radius 1 is 0.471 bits per heavy atom. The van der Waals surface area contributed by atoms with Gasteiger partial charge in [0.15, 0.2) is 0 Å². The molecule has 0 aromatic rings. The average molecular weight is 244 g/mol. The smallest absolute Gasteiger partial charge is 0.0110 e. The van der Waals surface area contributed by atoms with Gasteiger partial charge in [-0.15, -0.1) is 0 Å². The summed E-state index contributed by atoms with van der Waals surface area (Å²) in [6, 6.07) is 0. The summed E-state index contributed by atoms with van der Waals surface area (Å²) in [4.78, 5) is 9.35. The van der Waals surface area contributed by atoms with Crippen LogP contribution < -0.4 is 0 Å². The van der Waals surface area contributed by atoms with E-state index in [0.29, 0.717) is 0 Å². The number of hydrogen-bond donors (Lipinski definition) is 0. The molecule has 0 spiro atoms. The lowest BCUT2D eigenvalue weighted by Crippen LogP contribution is -2.37. The predicted molar refractivity (Wildman–Crippen MR) is 76.7 cm³/mol. The maximum absolute atomic E-state index is 2.57. The van der Waals surface area contributed by atoms with E-state index in [-0.39, 0.29) is 0 Å². The van der Waals surface area contributed by atoms with Crippen LogP contribution in [0.25, 0.3) is 0 Å². The Morgan fingerprint density at radius 2 is 0.882 bits per heavy atom. The molecule has 0 aromatic carbocycles. The molecule has 0 aliphatic carbocycles. The third-order valence-electron chi connectivity index (χ3n) is 2.81. The molecule has 0 bridgehead atoms. The molecule has 0 aliphatic rings. The fraction of sp³-hybridized carbons (Fsp3) is 1.00. The van der Waals surface area contributed by atoms with Crippen LogP contribution in [0.15, 0.2) is 0 Å². The van der Waals surface area contributed by atoms with Crippen molar-refractivity contribution in [1.82, 2.24) is 19.6 Å². The zero-order valence-electron chi connectivity index (χ0n) is 12.7. The van der Waals surface area contributed by atoms with Crippen molar-refractivity contribution in [3.63, 3.8) is 0 Å². The summed E-state index contributed by atoms with van der Waals surface area (Å²) in [7, 11) is 12.9. The van der Waals surface area contributed by atoms with Crippen LogP contribution in [0.2, 0.25) is 0 Å². The van der Waals surface area contributed by atoms with Gasteiger partial charge in [0.05, 0.1) is 0 Å². The fourth-order valence-electron chi connectivity index (χ4n) is 1.63. The predicted octanol–water partition coefficient (Wildman–Crippen LogP) is 0.363. The SMILES string of the molecule is CN(C)CCCN(CCN(C)C)CCN(C)C. The van der Waals surface area contributed by atoms with Gasteiger partial charge in [0, 0.05) is 26.2 Å². The third-order valence-corrected chi connectivity index (χ3v) is 2.81. The second-order valence-corrected chi connectivity index (χ2v) is 5.61. The van der Waals surface area contributed by atoms with Crippen LogP contribution in [0.3, 0.4) is 0 Å². The van der Waals surface area contributed by atoms with E-state index in [1.165, 1.54) is 32.6 Å². The molecule has 0 saturated heterocycles. The van der Waals surface area contributed by atoms with Gasteiger partial charge in [-0.2, -0.15) is 0 Å². The van der Waals surface area contributed by atoms with Crippen molar-refractivity contribution >= 4 is 0 Å². The summed E-state index contributed by atoms with van der Waals surface area (Å²) in [5.74, 6) is 0. The topological polar surface area (TPSA) is 13.0 Å². The number of likely N-dealkylation sites (N-methyl/N-ethyl adjacent to an activating group) is 2. The maximum atomic E-state index is 2.57. The van der Waals surface area contributed by atoms with Crippen molar-refractivity contribution < 1.29 is 0 Å². The van der Waals surface area contributed by atoms with Crippen LogP contribution in [-0.2, 0) is 0 Å². The van der Waals surface area contributed by atoms with Gasteiger partial charge in [0.2, 0.25) is 0 Å². The summed E-state index contributed by atoms with van der Waals surface area (Å²) < 4.78 is 0. The molecule has 0 rings (SSSR count). The minimum atomic E-state index is 1.15. The van der Waals surface area contributed by atoms with E-state index in [1.807, 2.05) is 0 Å². The van der Waals surface area contributed by atoms with E-state index < -0.39 is 0 Å². The highest BCUT2D eigenvalue weighted by Crippen LogP contribution is 1.94. The van der Waals surface area contributed by atoms with Crippen LogP contribution in [0.5, 0.6) is 0 Å². The lowest BCUT2D eigenvalue weighted by atomic mass is 10.3. The summed E-state index contributed by atoms with van der Waals surface area (Å²) in [6.07, 6.45) is 1.26. The highest BCUT2D eigenvalue weighted by atomic mass is 15.2. The molecule has 17 heavy (non-hydrogen) atoms. The zero-order chi connectivity index (χ0) is 13.3. The van der Waals surface area contributed by atoms with E-state index in [1.54, 1.807) is 0 Å². The molecule has 0 aromatic heterocycles. The van der Waals surface area contributed by atoms with E-state index >= 15 is 0 Å². The quantitative estimate of drug-likeness (QED) is 0.550. The van der Waals surface area contributed by atoms with E-state index in [9.17, 15) is 0 Å². The molecular formula is C13H32N4. The average Bonchev–Trinajstić information content (AvgIpc) is 2.20. The fourth-order valence-corrected chi connectivity index (χ4v) is 1.63. The lowest BCUT2D eigenvalue weighted by molar-refractivity contribution is 0.210. The minimum absolute atomic E-state index is 1.15. The van der Waals surface area contributed by atoms with Gasteiger partial charge in [-0.3, -0.25) is 0 Å². The molecule has 0 atom stereocenters. The molecule has 104 valence electrons. The maximum Gasteiger partial charge on any atom is 0.0110 e. The summed E-state index contributed by atoms with van der Waals surface area (Å²) >= 11 is 0. The standard InChI is InChI=1S/C13H32N4/c1-14(2)8-7-9-17(12-10-15(3)4)13-11-16(5)6/h7-13H2,1-6H3. The first kappa shape index (κ1) is 16.8. The van der Waals surface area contributed by atoms with Crippen molar-refractivity contribution in [2.75, 3.05) is 81.6 Å². The molecule has 0 heterocycles. The normalized spacial score (nSPS) is 12.4. The number of rotatable bonds is 10. The Kier molecular flexibility index (Phi) is 9.74. The minimum Gasteiger partial charge on any atom is -0.309 e. The number of nitrogens with zero attached hydrogens (tertiary/aromatic N) is 4. The molecule has 0 N–H and O–H groups in total. The largest absolute Gasteiger partial charge is 0.309 e. The van der Waals surface area contributed by atoms with Crippen LogP contribution >= 0.6 is 0 Å². The molecule has 0 radical (unpaired) electrons. The third kappa shape index (κ3) is 12.1. The Morgan fingerprint density at radius 3 is 1.24 bits per heavy atom. The highest BCUT2D eigenvalue weighted by Gasteiger charge is 2.06. The van der Waals surface area contributed by atoms with Gasteiger partial charge in [-0.05, 0) is 61.8 Å². The van der Waals surface area contributed by atoms with Crippen LogP contribution in [0.4, 0.5) is 0 Å². The van der Waals surface area contributed by atoms with Gasteiger partial charge in [0.1, 0.15) is 0 Å². The summed E-state index contributed by atoms with van der Waals surface area (Å²) in [5, 5.41) is 0. The van der Waals surface area contributed by atoms with Crippen molar-refractivity contribution in [3.8, 4) is 0 Å². The second kappa shape index (κ2) is 9.83. The van der Waals surface area contributed by atoms with Gasteiger partial charge in [0.25, 0.3) is 0 Å².